The van der Waals surface area contributed by atoms with Crippen molar-refractivity contribution in [2.45, 2.75) is 25.9 Å². The lowest BCUT2D eigenvalue weighted by molar-refractivity contribution is -0.114. The van der Waals surface area contributed by atoms with Crippen LogP contribution in [0.4, 0.5) is 11.4 Å². The van der Waals surface area contributed by atoms with E-state index in [9.17, 15) is 9.59 Å². The molecular formula is C20H20ClN5O2S. The minimum Gasteiger partial charge on any atom is -0.326 e. The van der Waals surface area contributed by atoms with Gasteiger partial charge in [0.25, 0.3) is 0 Å². The van der Waals surface area contributed by atoms with Crippen molar-refractivity contribution in [3.63, 3.8) is 0 Å². The normalized spacial score (nSPS) is 10.6. The Balaban J connectivity index is 1.73. The number of aryl methyl sites for hydroxylation is 2. The number of thioether (sulfide) groups is 1. The third-order valence-electron chi connectivity index (χ3n) is 3.95. The first-order valence-corrected chi connectivity index (χ1v) is 10.2. The zero-order chi connectivity index (χ0) is 21.0. The molecule has 3 rings (SSSR count). The monoisotopic (exact) mass is 429 g/mol. The van der Waals surface area contributed by atoms with E-state index in [1.807, 2.05) is 42.7 Å². The largest absolute Gasteiger partial charge is 0.326 e. The molecule has 0 aliphatic carbocycles. The molecule has 0 fully saturated rings. The summed E-state index contributed by atoms with van der Waals surface area (Å²) in [6.45, 7) is 5.22. The molecule has 0 aliphatic heterocycles. The topological polar surface area (TPSA) is 88.9 Å². The number of hydrogen-bond donors (Lipinski definition) is 2. The minimum absolute atomic E-state index is 0.147. The number of rotatable bonds is 6. The van der Waals surface area contributed by atoms with Crippen LogP contribution in [0.2, 0.25) is 5.02 Å². The van der Waals surface area contributed by atoms with Gasteiger partial charge < -0.3 is 10.6 Å². The van der Waals surface area contributed by atoms with Crippen LogP contribution in [-0.2, 0) is 9.59 Å². The van der Waals surface area contributed by atoms with Gasteiger partial charge in [-0.3, -0.25) is 14.2 Å². The maximum absolute atomic E-state index is 12.4. The molecule has 0 atom stereocenters. The first-order chi connectivity index (χ1) is 13.8. The Morgan fingerprint density at radius 3 is 2.62 bits per heavy atom. The summed E-state index contributed by atoms with van der Waals surface area (Å²) in [5, 5.41) is 14.9. The number of aromatic nitrogens is 3. The van der Waals surface area contributed by atoms with E-state index in [1.54, 1.807) is 18.2 Å². The van der Waals surface area contributed by atoms with E-state index in [-0.39, 0.29) is 17.6 Å². The lowest BCUT2D eigenvalue weighted by Crippen LogP contribution is -2.15. The second-order valence-corrected chi connectivity index (χ2v) is 7.77. The Labute approximate surface area is 177 Å². The fraction of sp³-hybridized carbons (Fsp3) is 0.200. The Hall–Kier alpha value is -2.84. The number of carbonyl (C=O) groups excluding carboxylic acids is 2. The molecule has 0 radical (unpaired) electrons. The van der Waals surface area contributed by atoms with Crippen LogP contribution in [0.3, 0.4) is 0 Å². The molecule has 0 unspecified atom stereocenters. The van der Waals surface area contributed by atoms with Crippen molar-refractivity contribution in [1.82, 2.24) is 14.8 Å². The van der Waals surface area contributed by atoms with Crippen molar-refractivity contribution in [2.24, 2.45) is 0 Å². The van der Waals surface area contributed by atoms with Gasteiger partial charge >= 0.3 is 0 Å². The summed E-state index contributed by atoms with van der Waals surface area (Å²) in [6.07, 6.45) is 0. The van der Waals surface area contributed by atoms with Gasteiger partial charge in [-0.05, 0) is 49.7 Å². The van der Waals surface area contributed by atoms with Crippen LogP contribution in [0.25, 0.3) is 5.69 Å². The van der Waals surface area contributed by atoms with Crippen molar-refractivity contribution < 1.29 is 9.59 Å². The fourth-order valence-corrected chi connectivity index (χ4v) is 3.78. The average Bonchev–Trinajstić information content (AvgIpc) is 3.02. The van der Waals surface area contributed by atoms with Crippen molar-refractivity contribution in [1.29, 1.82) is 0 Å². The minimum atomic E-state index is -0.194. The van der Waals surface area contributed by atoms with Gasteiger partial charge in [0.1, 0.15) is 5.82 Å². The number of benzene rings is 2. The highest BCUT2D eigenvalue weighted by Gasteiger charge is 2.14. The first kappa shape index (κ1) is 20.9. The van der Waals surface area contributed by atoms with Gasteiger partial charge in [-0.15, -0.1) is 10.2 Å². The third-order valence-corrected chi connectivity index (χ3v) is 5.19. The molecule has 0 aliphatic rings. The van der Waals surface area contributed by atoms with Gasteiger partial charge in [0, 0.05) is 12.6 Å². The summed E-state index contributed by atoms with van der Waals surface area (Å²) in [5.74, 6) is 0.478. The van der Waals surface area contributed by atoms with Crippen LogP contribution < -0.4 is 10.6 Å². The molecule has 150 valence electrons. The second-order valence-electron chi connectivity index (χ2n) is 6.42. The summed E-state index contributed by atoms with van der Waals surface area (Å²) in [6, 6.07) is 12.8. The molecule has 29 heavy (non-hydrogen) atoms. The van der Waals surface area contributed by atoms with E-state index in [1.165, 1.54) is 18.7 Å². The maximum Gasteiger partial charge on any atom is 0.234 e. The molecule has 0 bridgehead atoms. The van der Waals surface area contributed by atoms with Gasteiger partial charge in [-0.2, -0.15) is 0 Å². The molecule has 1 aromatic heterocycles. The predicted molar refractivity (Wildman–Crippen MR) is 116 cm³/mol. The first-order valence-electron chi connectivity index (χ1n) is 8.82. The Kier molecular flexibility index (Phi) is 6.56. The number of nitrogens with one attached hydrogen (secondary N) is 2. The number of amides is 2. The standard InChI is InChI=1S/C20H20ClN5O2S/c1-12-7-8-18(17(21)9-12)23-19(28)11-29-20-25-24-13(2)26(20)16-6-4-5-15(10-16)22-14(3)27/h4-10H,11H2,1-3H3,(H,22,27)(H,23,28). The zero-order valence-electron chi connectivity index (χ0n) is 16.2. The number of hydrogen-bond acceptors (Lipinski definition) is 5. The molecule has 7 nitrogen and oxygen atoms in total. The third kappa shape index (κ3) is 5.36. The predicted octanol–water partition coefficient (Wildman–Crippen LogP) is 4.23. The van der Waals surface area contributed by atoms with Gasteiger partial charge in [-0.1, -0.05) is 35.5 Å². The van der Waals surface area contributed by atoms with Crippen molar-refractivity contribution in [2.75, 3.05) is 16.4 Å². The van der Waals surface area contributed by atoms with Crippen LogP contribution in [0, 0.1) is 13.8 Å². The van der Waals surface area contributed by atoms with Crippen LogP contribution in [0.5, 0.6) is 0 Å². The summed E-state index contributed by atoms with van der Waals surface area (Å²) in [5.41, 5.74) is 3.06. The van der Waals surface area contributed by atoms with Gasteiger partial charge in [0.05, 0.1) is 22.2 Å². The molecule has 0 spiro atoms. The Morgan fingerprint density at radius 2 is 1.90 bits per heavy atom. The highest BCUT2D eigenvalue weighted by Crippen LogP contribution is 2.25. The summed E-state index contributed by atoms with van der Waals surface area (Å²) in [7, 11) is 0. The number of nitrogens with zero attached hydrogens (tertiary/aromatic N) is 3. The molecular weight excluding hydrogens is 410 g/mol. The average molecular weight is 430 g/mol. The van der Waals surface area contributed by atoms with E-state index < -0.39 is 0 Å². The van der Waals surface area contributed by atoms with Gasteiger partial charge in [0.15, 0.2) is 5.16 Å². The van der Waals surface area contributed by atoms with E-state index >= 15 is 0 Å². The lowest BCUT2D eigenvalue weighted by Gasteiger charge is -2.11. The SMILES string of the molecule is CC(=O)Nc1cccc(-n2c(C)nnc2SCC(=O)Nc2ccc(C)cc2Cl)c1. The molecule has 1 heterocycles. The van der Waals surface area contributed by atoms with Crippen LogP contribution in [0.1, 0.15) is 18.3 Å². The molecule has 3 aromatic rings. The number of carbonyl (C=O) groups is 2. The van der Waals surface area contributed by atoms with Crippen molar-refractivity contribution in [3.8, 4) is 5.69 Å². The molecule has 9 heteroatoms. The van der Waals surface area contributed by atoms with E-state index in [0.717, 1.165) is 11.3 Å². The Bertz CT molecular complexity index is 1070. The van der Waals surface area contributed by atoms with E-state index in [0.29, 0.717) is 27.4 Å². The second kappa shape index (κ2) is 9.11. The highest BCUT2D eigenvalue weighted by molar-refractivity contribution is 7.99. The zero-order valence-corrected chi connectivity index (χ0v) is 17.8. The van der Waals surface area contributed by atoms with E-state index in [4.69, 9.17) is 11.6 Å². The van der Waals surface area contributed by atoms with Crippen LogP contribution in [-0.4, -0.2) is 32.3 Å². The van der Waals surface area contributed by atoms with Crippen molar-refractivity contribution >= 4 is 46.6 Å². The van der Waals surface area contributed by atoms with Gasteiger partial charge in [-0.25, -0.2) is 0 Å². The molecule has 2 N–H and O–H groups in total. The Morgan fingerprint density at radius 1 is 1.10 bits per heavy atom. The molecule has 2 aromatic carbocycles. The molecule has 0 saturated heterocycles. The fourth-order valence-electron chi connectivity index (χ4n) is 2.70. The molecule has 2 amide bonds. The van der Waals surface area contributed by atoms with Crippen LogP contribution in [0.15, 0.2) is 47.6 Å². The van der Waals surface area contributed by atoms with E-state index in [2.05, 4.69) is 20.8 Å². The lowest BCUT2D eigenvalue weighted by atomic mass is 10.2. The summed E-state index contributed by atoms with van der Waals surface area (Å²) >= 11 is 7.44. The summed E-state index contributed by atoms with van der Waals surface area (Å²) < 4.78 is 1.84. The maximum atomic E-state index is 12.4. The van der Waals surface area contributed by atoms with Crippen LogP contribution >= 0.6 is 23.4 Å². The quantitative estimate of drug-likeness (QED) is 0.572. The summed E-state index contributed by atoms with van der Waals surface area (Å²) in [4.78, 5) is 23.7. The smallest absolute Gasteiger partial charge is 0.234 e. The van der Waals surface area contributed by atoms with Crippen molar-refractivity contribution in [3.05, 3.63) is 58.9 Å². The number of anilines is 2. The highest BCUT2D eigenvalue weighted by atomic mass is 35.5. The van der Waals surface area contributed by atoms with Gasteiger partial charge in [0.2, 0.25) is 11.8 Å². The number of halogens is 1. The molecule has 0 saturated carbocycles.